The van der Waals surface area contributed by atoms with Crippen molar-refractivity contribution in [1.82, 2.24) is 0 Å². The smallest absolute Gasteiger partial charge is 0.328 e. The third-order valence-corrected chi connectivity index (χ3v) is 3.53. The zero-order chi connectivity index (χ0) is 14.9. The quantitative estimate of drug-likeness (QED) is 0.632. The number of rotatable bonds is 3. The molecule has 2 rings (SSSR count). The molecule has 1 heterocycles. The molecule has 20 heavy (non-hydrogen) atoms. The molecule has 1 fully saturated rings. The van der Waals surface area contributed by atoms with Crippen LogP contribution in [0.25, 0.3) is 0 Å². The lowest BCUT2D eigenvalue weighted by atomic mass is 9.94. The SMILES string of the molecule is CC(=O)C1CCCN(c2cc(F)cc(F)c2[N+](=O)[O-])C1. The number of carbonyl (C=O) groups is 1. The first kappa shape index (κ1) is 14.4. The Kier molecular flexibility index (Phi) is 3.96. The van der Waals surface area contributed by atoms with Crippen molar-refractivity contribution >= 4 is 17.2 Å². The maximum atomic E-state index is 13.6. The number of carbonyl (C=O) groups excluding carboxylic acids is 1. The summed E-state index contributed by atoms with van der Waals surface area (Å²) >= 11 is 0. The van der Waals surface area contributed by atoms with Gasteiger partial charge in [-0.3, -0.25) is 14.9 Å². The second-order valence-corrected chi connectivity index (χ2v) is 4.91. The van der Waals surface area contributed by atoms with Gasteiger partial charge in [0.25, 0.3) is 0 Å². The molecule has 1 saturated heterocycles. The summed E-state index contributed by atoms with van der Waals surface area (Å²) in [6, 6.07) is 1.44. The van der Waals surface area contributed by atoms with Gasteiger partial charge in [0.15, 0.2) is 0 Å². The number of nitrogens with zero attached hydrogens (tertiary/aromatic N) is 2. The zero-order valence-electron chi connectivity index (χ0n) is 10.9. The Morgan fingerprint density at radius 2 is 2.15 bits per heavy atom. The van der Waals surface area contributed by atoms with Crippen LogP contribution in [0.4, 0.5) is 20.2 Å². The highest BCUT2D eigenvalue weighted by Crippen LogP contribution is 2.34. The summed E-state index contributed by atoms with van der Waals surface area (Å²) in [5, 5.41) is 11.0. The molecule has 0 radical (unpaired) electrons. The van der Waals surface area contributed by atoms with Gasteiger partial charge in [0, 0.05) is 31.1 Å². The average molecular weight is 284 g/mol. The zero-order valence-corrected chi connectivity index (χ0v) is 10.9. The third kappa shape index (κ3) is 2.76. The molecule has 1 aromatic carbocycles. The van der Waals surface area contributed by atoms with E-state index < -0.39 is 22.2 Å². The fourth-order valence-corrected chi connectivity index (χ4v) is 2.50. The number of piperidine rings is 1. The summed E-state index contributed by atoms with van der Waals surface area (Å²) in [5.74, 6) is -2.34. The predicted molar refractivity (Wildman–Crippen MR) is 68.6 cm³/mol. The van der Waals surface area contributed by atoms with Crippen molar-refractivity contribution in [3.05, 3.63) is 33.9 Å². The molecule has 7 heteroatoms. The lowest BCUT2D eigenvalue weighted by Crippen LogP contribution is -2.38. The Morgan fingerprint density at radius 3 is 2.75 bits per heavy atom. The fourth-order valence-electron chi connectivity index (χ4n) is 2.50. The molecule has 0 aliphatic carbocycles. The third-order valence-electron chi connectivity index (χ3n) is 3.53. The van der Waals surface area contributed by atoms with Gasteiger partial charge < -0.3 is 4.90 Å². The van der Waals surface area contributed by atoms with Crippen LogP contribution in [-0.4, -0.2) is 23.8 Å². The van der Waals surface area contributed by atoms with Crippen LogP contribution >= 0.6 is 0 Å². The van der Waals surface area contributed by atoms with Crippen LogP contribution < -0.4 is 4.90 Å². The van der Waals surface area contributed by atoms with E-state index in [1.54, 1.807) is 0 Å². The largest absolute Gasteiger partial charge is 0.365 e. The van der Waals surface area contributed by atoms with Crippen molar-refractivity contribution in [2.45, 2.75) is 19.8 Å². The van der Waals surface area contributed by atoms with E-state index in [1.165, 1.54) is 11.8 Å². The molecule has 0 saturated carbocycles. The number of halogens is 2. The van der Waals surface area contributed by atoms with Crippen molar-refractivity contribution < 1.29 is 18.5 Å². The molecular weight excluding hydrogens is 270 g/mol. The summed E-state index contributed by atoms with van der Waals surface area (Å²) < 4.78 is 26.9. The van der Waals surface area contributed by atoms with Gasteiger partial charge in [0.05, 0.1) is 4.92 Å². The van der Waals surface area contributed by atoms with Crippen molar-refractivity contribution in [2.24, 2.45) is 5.92 Å². The van der Waals surface area contributed by atoms with Crippen LogP contribution in [0, 0.1) is 27.7 Å². The summed E-state index contributed by atoms with van der Waals surface area (Å²) in [5.41, 5.74) is -0.839. The summed E-state index contributed by atoms with van der Waals surface area (Å²) in [4.78, 5) is 23.0. The molecule has 1 aliphatic rings. The van der Waals surface area contributed by atoms with Crippen LogP contribution in [0.15, 0.2) is 12.1 Å². The van der Waals surface area contributed by atoms with E-state index in [0.29, 0.717) is 25.5 Å². The normalized spacial score (nSPS) is 18.9. The maximum absolute atomic E-state index is 13.6. The second-order valence-electron chi connectivity index (χ2n) is 4.91. The Labute approximate surface area is 114 Å². The molecule has 108 valence electrons. The monoisotopic (exact) mass is 284 g/mol. The van der Waals surface area contributed by atoms with Crippen LogP contribution in [0.5, 0.6) is 0 Å². The number of anilines is 1. The molecule has 1 aromatic rings. The summed E-state index contributed by atoms with van der Waals surface area (Å²) in [6.07, 6.45) is 1.34. The molecule has 0 bridgehead atoms. The van der Waals surface area contributed by atoms with E-state index in [2.05, 4.69) is 0 Å². The van der Waals surface area contributed by atoms with Gasteiger partial charge in [0.2, 0.25) is 5.82 Å². The molecule has 0 N–H and O–H groups in total. The van der Waals surface area contributed by atoms with Crippen molar-refractivity contribution in [2.75, 3.05) is 18.0 Å². The number of benzene rings is 1. The highest BCUT2D eigenvalue weighted by Gasteiger charge is 2.30. The van der Waals surface area contributed by atoms with Crippen LogP contribution in [0.2, 0.25) is 0 Å². The fraction of sp³-hybridized carbons (Fsp3) is 0.462. The number of hydrogen-bond acceptors (Lipinski definition) is 4. The van der Waals surface area contributed by atoms with Crippen LogP contribution in [0.1, 0.15) is 19.8 Å². The van der Waals surface area contributed by atoms with Gasteiger partial charge in [-0.2, -0.15) is 4.39 Å². The maximum Gasteiger partial charge on any atom is 0.328 e. The van der Waals surface area contributed by atoms with Crippen LogP contribution in [-0.2, 0) is 4.79 Å². The molecule has 0 spiro atoms. The number of hydrogen-bond donors (Lipinski definition) is 0. The molecule has 1 aliphatic heterocycles. The molecule has 5 nitrogen and oxygen atoms in total. The minimum Gasteiger partial charge on any atom is -0.365 e. The van der Waals surface area contributed by atoms with Gasteiger partial charge in [-0.25, -0.2) is 4.39 Å². The van der Waals surface area contributed by atoms with Gasteiger partial charge >= 0.3 is 5.69 Å². The molecule has 0 aromatic heterocycles. The van der Waals surface area contributed by atoms with Gasteiger partial charge in [0.1, 0.15) is 17.3 Å². The minimum atomic E-state index is -1.20. The summed E-state index contributed by atoms with van der Waals surface area (Å²) in [7, 11) is 0. The molecule has 1 atom stereocenters. The minimum absolute atomic E-state index is 0.0192. The van der Waals surface area contributed by atoms with Gasteiger partial charge in [-0.15, -0.1) is 0 Å². The molecule has 1 unspecified atom stereocenters. The lowest BCUT2D eigenvalue weighted by Gasteiger charge is -2.32. The topological polar surface area (TPSA) is 63.5 Å². The average Bonchev–Trinajstić information content (AvgIpc) is 2.37. The number of ketones is 1. The van der Waals surface area contributed by atoms with Crippen molar-refractivity contribution in [3.63, 3.8) is 0 Å². The van der Waals surface area contributed by atoms with E-state index in [0.717, 1.165) is 6.07 Å². The van der Waals surface area contributed by atoms with Crippen molar-refractivity contribution in [3.8, 4) is 0 Å². The first-order valence-electron chi connectivity index (χ1n) is 6.29. The van der Waals surface area contributed by atoms with E-state index in [9.17, 15) is 23.7 Å². The van der Waals surface area contributed by atoms with Gasteiger partial charge in [-0.1, -0.05) is 0 Å². The van der Waals surface area contributed by atoms with E-state index >= 15 is 0 Å². The van der Waals surface area contributed by atoms with E-state index in [-0.39, 0.29) is 23.9 Å². The molecule has 0 amide bonds. The first-order chi connectivity index (χ1) is 9.40. The first-order valence-corrected chi connectivity index (χ1v) is 6.29. The Hall–Kier alpha value is -2.05. The van der Waals surface area contributed by atoms with E-state index in [4.69, 9.17) is 0 Å². The predicted octanol–water partition coefficient (Wildman–Crippen LogP) is 2.68. The van der Waals surface area contributed by atoms with Crippen LogP contribution in [0.3, 0.4) is 0 Å². The van der Waals surface area contributed by atoms with Crippen molar-refractivity contribution in [1.29, 1.82) is 0 Å². The highest BCUT2D eigenvalue weighted by molar-refractivity contribution is 5.79. The number of nitro groups is 1. The standard InChI is InChI=1S/C13H14F2N2O3/c1-8(18)9-3-2-4-16(7-9)12-6-10(14)5-11(15)13(12)17(19)20/h5-6,9H,2-4,7H2,1H3. The molecular formula is C13H14F2N2O3. The Balaban J connectivity index is 2.41. The second kappa shape index (κ2) is 5.52. The Bertz CT molecular complexity index is 563. The number of Topliss-reactive ketones (excluding diaryl/α,β-unsaturated/α-hetero) is 1. The Morgan fingerprint density at radius 1 is 1.45 bits per heavy atom. The lowest BCUT2D eigenvalue weighted by molar-refractivity contribution is -0.386. The van der Waals surface area contributed by atoms with E-state index in [1.807, 2.05) is 0 Å². The summed E-state index contributed by atoms with van der Waals surface area (Å²) in [6.45, 7) is 2.14. The number of nitro benzene ring substituents is 1. The highest BCUT2D eigenvalue weighted by atomic mass is 19.1. The van der Waals surface area contributed by atoms with Gasteiger partial charge in [-0.05, 0) is 19.8 Å².